The van der Waals surface area contributed by atoms with Gasteiger partial charge in [0.15, 0.2) is 0 Å². The Morgan fingerprint density at radius 1 is 1.04 bits per heavy atom. The number of rotatable bonds is 5. The second-order valence-corrected chi connectivity index (χ2v) is 5.71. The lowest BCUT2D eigenvalue weighted by atomic mass is 10.2. The number of guanidine groups is 1. The lowest BCUT2D eigenvalue weighted by Crippen LogP contribution is -2.41. The highest BCUT2D eigenvalue weighted by Gasteiger charge is 2.35. The van der Waals surface area contributed by atoms with E-state index in [0.717, 1.165) is 30.5 Å². The van der Waals surface area contributed by atoms with Gasteiger partial charge in [-0.25, -0.2) is 0 Å². The number of nitrogens with zero attached hydrogens (tertiary/aromatic N) is 3. The first kappa shape index (κ1) is 14.1. The van der Waals surface area contributed by atoms with Gasteiger partial charge < -0.3 is 19.6 Å². The Morgan fingerprint density at radius 2 is 1.78 bits per heavy atom. The molecule has 1 atom stereocenters. The third-order valence-electron chi connectivity index (χ3n) is 4.10. The second-order valence-electron chi connectivity index (χ2n) is 5.71. The number of aliphatic imine (C=N–C) groups is 1. The van der Waals surface area contributed by atoms with E-state index in [4.69, 9.17) is 4.74 Å². The molecular weight excluding hydrogens is 290 g/mol. The quantitative estimate of drug-likeness (QED) is 0.919. The molecule has 5 nitrogen and oxygen atoms in total. The van der Waals surface area contributed by atoms with E-state index in [0.29, 0.717) is 6.54 Å². The summed E-state index contributed by atoms with van der Waals surface area (Å²) in [7, 11) is 0. The maximum absolute atomic E-state index is 10.4. The smallest absolute Gasteiger partial charge is 0.206 e. The summed E-state index contributed by atoms with van der Waals surface area (Å²) in [5.41, 5.74) is 2.27. The van der Waals surface area contributed by atoms with Gasteiger partial charge in [0.05, 0.1) is 24.5 Å². The predicted octanol–water partition coefficient (Wildman–Crippen LogP) is 2.12. The van der Waals surface area contributed by atoms with Gasteiger partial charge in [0.1, 0.15) is 18.5 Å². The monoisotopic (exact) mass is 309 g/mol. The Labute approximate surface area is 135 Å². The van der Waals surface area contributed by atoms with Crippen molar-refractivity contribution in [3.63, 3.8) is 0 Å². The molecule has 5 heteroatoms. The first-order chi connectivity index (χ1) is 11.3. The molecule has 0 amide bonds. The highest BCUT2D eigenvalue weighted by atomic mass is 16.5. The molecule has 2 aromatic rings. The molecule has 118 valence electrons. The van der Waals surface area contributed by atoms with Crippen molar-refractivity contribution in [3.05, 3.63) is 54.6 Å². The van der Waals surface area contributed by atoms with E-state index in [1.165, 1.54) is 5.69 Å². The van der Waals surface area contributed by atoms with Crippen LogP contribution in [0.2, 0.25) is 0 Å². The summed E-state index contributed by atoms with van der Waals surface area (Å²) in [6.07, 6.45) is -0.591. The number of aliphatic hydroxyl groups excluding tert-OH is 1. The van der Waals surface area contributed by atoms with Crippen molar-refractivity contribution < 1.29 is 9.84 Å². The summed E-state index contributed by atoms with van der Waals surface area (Å²) in [4.78, 5) is 8.87. The Bertz CT molecular complexity index is 717. The number of ether oxygens (including phenoxy) is 1. The van der Waals surface area contributed by atoms with E-state index in [-0.39, 0.29) is 6.61 Å². The van der Waals surface area contributed by atoms with E-state index in [1.807, 2.05) is 42.5 Å². The summed E-state index contributed by atoms with van der Waals surface area (Å²) in [5, 5.41) is 10.4. The summed E-state index contributed by atoms with van der Waals surface area (Å²) in [6.45, 7) is 2.44. The topological polar surface area (TPSA) is 48.3 Å². The Kier molecular flexibility index (Phi) is 3.63. The van der Waals surface area contributed by atoms with Crippen LogP contribution in [-0.4, -0.2) is 43.4 Å². The van der Waals surface area contributed by atoms with E-state index < -0.39 is 6.10 Å². The van der Waals surface area contributed by atoms with Crippen LogP contribution in [0.25, 0.3) is 0 Å². The van der Waals surface area contributed by atoms with Crippen molar-refractivity contribution in [2.75, 3.05) is 36.0 Å². The van der Waals surface area contributed by atoms with Crippen LogP contribution < -0.4 is 14.5 Å². The molecule has 0 saturated heterocycles. The molecule has 2 aliphatic rings. The molecule has 0 radical (unpaired) electrons. The van der Waals surface area contributed by atoms with E-state index >= 15 is 0 Å². The number of aliphatic hydroxyl groups is 1. The number of para-hydroxylation sites is 3. The molecule has 0 fully saturated rings. The average molecular weight is 309 g/mol. The molecule has 2 aromatic carbocycles. The number of β-amino-alcohol motifs (C(OH)–C–C–N with tert-alkyl or cyclic N) is 1. The van der Waals surface area contributed by atoms with Gasteiger partial charge in [-0.1, -0.05) is 30.3 Å². The highest BCUT2D eigenvalue weighted by Crippen LogP contribution is 2.38. The fourth-order valence-electron chi connectivity index (χ4n) is 3.08. The standard InChI is InChI=1S/C18H19N3O2/c22-14(13-23-15-6-2-1-3-7-15)12-21-17-9-5-4-8-16(17)20-11-10-19-18(20)21/h1-9,14,22H,10-13H2/t14-/m1/s1. The number of hydrogen-bond acceptors (Lipinski definition) is 5. The van der Waals surface area contributed by atoms with Gasteiger partial charge in [0.2, 0.25) is 5.96 Å². The summed E-state index contributed by atoms with van der Waals surface area (Å²) < 4.78 is 5.65. The first-order valence-corrected chi connectivity index (χ1v) is 7.87. The molecular formula is C18H19N3O2. The van der Waals surface area contributed by atoms with Gasteiger partial charge in [-0.3, -0.25) is 4.99 Å². The molecule has 0 aliphatic carbocycles. The SMILES string of the molecule is O[C@@H](COc1ccccc1)CN1C2=NCCN2c2ccccc21. The Hall–Kier alpha value is -2.53. The van der Waals surface area contributed by atoms with Crippen molar-refractivity contribution in [2.45, 2.75) is 6.10 Å². The summed E-state index contributed by atoms with van der Waals surface area (Å²) >= 11 is 0. The van der Waals surface area contributed by atoms with Crippen LogP contribution >= 0.6 is 0 Å². The van der Waals surface area contributed by atoms with Crippen LogP contribution in [0.1, 0.15) is 0 Å². The minimum atomic E-state index is -0.591. The molecule has 4 rings (SSSR count). The Morgan fingerprint density at radius 3 is 2.61 bits per heavy atom. The van der Waals surface area contributed by atoms with Gasteiger partial charge in [-0.2, -0.15) is 0 Å². The van der Waals surface area contributed by atoms with Crippen LogP contribution in [-0.2, 0) is 0 Å². The van der Waals surface area contributed by atoms with Crippen molar-refractivity contribution in [2.24, 2.45) is 4.99 Å². The molecule has 2 aliphatic heterocycles. The average Bonchev–Trinajstić information content (AvgIpc) is 3.17. The van der Waals surface area contributed by atoms with Crippen molar-refractivity contribution >= 4 is 17.3 Å². The summed E-state index contributed by atoms with van der Waals surface area (Å²) in [5.74, 6) is 1.71. The van der Waals surface area contributed by atoms with E-state index in [9.17, 15) is 5.11 Å². The molecule has 1 N–H and O–H groups in total. The molecule has 0 bridgehead atoms. The third-order valence-corrected chi connectivity index (χ3v) is 4.10. The van der Waals surface area contributed by atoms with E-state index in [2.05, 4.69) is 26.9 Å². The molecule has 2 heterocycles. The molecule has 23 heavy (non-hydrogen) atoms. The van der Waals surface area contributed by atoms with Gasteiger partial charge in [-0.05, 0) is 24.3 Å². The van der Waals surface area contributed by atoms with Crippen LogP contribution in [0.15, 0.2) is 59.6 Å². The number of hydrogen-bond donors (Lipinski definition) is 1. The highest BCUT2D eigenvalue weighted by molar-refractivity contribution is 6.17. The van der Waals surface area contributed by atoms with Crippen molar-refractivity contribution in [3.8, 4) is 5.75 Å². The zero-order valence-electron chi connectivity index (χ0n) is 12.8. The number of fused-ring (bicyclic) bond motifs is 3. The van der Waals surface area contributed by atoms with Gasteiger partial charge in [-0.15, -0.1) is 0 Å². The predicted molar refractivity (Wildman–Crippen MR) is 91.4 cm³/mol. The minimum absolute atomic E-state index is 0.260. The fourth-order valence-corrected chi connectivity index (χ4v) is 3.08. The van der Waals surface area contributed by atoms with Crippen LogP contribution in [0.3, 0.4) is 0 Å². The van der Waals surface area contributed by atoms with Gasteiger partial charge in [0.25, 0.3) is 0 Å². The molecule has 0 spiro atoms. The number of anilines is 2. The fraction of sp³-hybridized carbons (Fsp3) is 0.278. The molecule has 0 saturated carbocycles. The zero-order valence-corrected chi connectivity index (χ0v) is 12.8. The molecule has 0 aromatic heterocycles. The lowest BCUT2D eigenvalue weighted by molar-refractivity contribution is 0.114. The first-order valence-electron chi connectivity index (χ1n) is 7.87. The zero-order chi connectivity index (χ0) is 15.6. The Balaban J connectivity index is 1.46. The third kappa shape index (κ3) is 2.64. The lowest BCUT2D eigenvalue weighted by Gasteiger charge is -2.22. The summed E-state index contributed by atoms with van der Waals surface area (Å²) in [6, 6.07) is 17.8. The van der Waals surface area contributed by atoms with Crippen LogP contribution in [0.5, 0.6) is 5.75 Å². The van der Waals surface area contributed by atoms with Crippen LogP contribution in [0, 0.1) is 0 Å². The maximum Gasteiger partial charge on any atom is 0.206 e. The van der Waals surface area contributed by atoms with Crippen LogP contribution in [0.4, 0.5) is 11.4 Å². The van der Waals surface area contributed by atoms with Crippen molar-refractivity contribution in [1.82, 2.24) is 0 Å². The van der Waals surface area contributed by atoms with Crippen molar-refractivity contribution in [1.29, 1.82) is 0 Å². The second kappa shape index (κ2) is 5.93. The van der Waals surface area contributed by atoms with E-state index in [1.54, 1.807) is 0 Å². The van der Waals surface area contributed by atoms with Gasteiger partial charge in [0, 0.05) is 6.54 Å². The minimum Gasteiger partial charge on any atom is -0.491 e. The largest absolute Gasteiger partial charge is 0.491 e. The molecule has 0 unspecified atom stereocenters. The van der Waals surface area contributed by atoms with Gasteiger partial charge >= 0.3 is 0 Å². The number of benzene rings is 2. The maximum atomic E-state index is 10.4. The normalized spacial score (nSPS) is 16.8.